The molecule has 0 radical (unpaired) electrons. The lowest BCUT2D eigenvalue weighted by molar-refractivity contribution is 0.0919. The van der Waals surface area contributed by atoms with Gasteiger partial charge in [-0.25, -0.2) is 4.39 Å². The largest absolute Gasteiger partial charge is 0.468 e. The average molecular weight is 364 g/mol. The first-order chi connectivity index (χ1) is 13.2. The fourth-order valence-electron chi connectivity index (χ4n) is 3.57. The third kappa shape index (κ3) is 3.93. The summed E-state index contributed by atoms with van der Waals surface area (Å²) >= 11 is 0. The van der Waals surface area contributed by atoms with Crippen molar-refractivity contribution in [1.82, 2.24) is 10.2 Å². The highest BCUT2D eigenvalue weighted by Gasteiger charge is 2.27. The Morgan fingerprint density at radius 2 is 1.85 bits per heavy atom. The minimum Gasteiger partial charge on any atom is -0.468 e. The van der Waals surface area contributed by atoms with E-state index in [4.69, 9.17) is 4.42 Å². The van der Waals surface area contributed by atoms with Crippen LogP contribution >= 0.6 is 0 Å². The number of nitrogens with zero attached hydrogens (tertiary/aromatic N) is 1. The molecule has 3 aromatic rings. The van der Waals surface area contributed by atoms with Crippen LogP contribution in [0.15, 0.2) is 71.3 Å². The highest BCUT2D eigenvalue weighted by molar-refractivity contribution is 5.94. The van der Waals surface area contributed by atoms with Crippen LogP contribution in [-0.2, 0) is 13.0 Å². The summed E-state index contributed by atoms with van der Waals surface area (Å²) in [4.78, 5) is 14.8. The summed E-state index contributed by atoms with van der Waals surface area (Å²) in [6.07, 6.45) is 2.63. The average Bonchev–Trinajstić information content (AvgIpc) is 3.23. The van der Waals surface area contributed by atoms with E-state index in [0.717, 1.165) is 25.3 Å². The molecule has 1 atom stereocenters. The zero-order valence-corrected chi connectivity index (χ0v) is 14.9. The Kier molecular flexibility index (Phi) is 5.03. The third-order valence-corrected chi connectivity index (χ3v) is 5.03. The molecule has 1 aromatic heterocycles. The molecule has 1 amide bonds. The van der Waals surface area contributed by atoms with E-state index >= 15 is 0 Å². The second-order valence-electron chi connectivity index (χ2n) is 6.74. The third-order valence-electron chi connectivity index (χ3n) is 5.03. The second-order valence-corrected chi connectivity index (χ2v) is 6.74. The van der Waals surface area contributed by atoms with Crippen LogP contribution in [0.25, 0.3) is 0 Å². The van der Waals surface area contributed by atoms with Crippen molar-refractivity contribution >= 4 is 5.91 Å². The minimum atomic E-state index is -0.355. The second kappa shape index (κ2) is 7.76. The van der Waals surface area contributed by atoms with Crippen molar-refractivity contribution in [3.8, 4) is 0 Å². The smallest absolute Gasteiger partial charge is 0.251 e. The first-order valence-electron chi connectivity index (χ1n) is 9.09. The van der Waals surface area contributed by atoms with Crippen LogP contribution in [0.2, 0.25) is 0 Å². The zero-order chi connectivity index (χ0) is 18.6. The summed E-state index contributed by atoms with van der Waals surface area (Å²) in [5, 5.41) is 2.97. The van der Waals surface area contributed by atoms with Crippen LogP contribution in [-0.4, -0.2) is 23.9 Å². The number of carbonyl (C=O) groups excluding carboxylic acids is 1. The number of benzene rings is 2. The number of amides is 1. The van der Waals surface area contributed by atoms with E-state index < -0.39 is 0 Å². The van der Waals surface area contributed by atoms with Crippen LogP contribution in [0.3, 0.4) is 0 Å². The van der Waals surface area contributed by atoms with Gasteiger partial charge in [0.1, 0.15) is 11.6 Å². The molecule has 2 heterocycles. The number of carbonyl (C=O) groups is 1. The number of furan rings is 1. The highest BCUT2D eigenvalue weighted by atomic mass is 19.1. The summed E-state index contributed by atoms with van der Waals surface area (Å²) in [5.74, 6) is 0.254. The van der Waals surface area contributed by atoms with Gasteiger partial charge in [0.2, 0.25) is 0 Å². The number of hydrogen-bond acceptors (Lipinski definition) is 3. The number of fused-ring (bicyclic) bond motifs is 1. The molecule has 0 spiro atoms. The Morgan fingerprint density at radius 3 is 2.59 bits per heavy atom. The van der Waals surface area contributed by atoms with Crippen LogP contribution in [0, 0.1) is 5.82 Å². The van der Waals surface area contributed by atoms with Gasteiger partial charge in [-0.3, -0.25) is 9.69 Å². The summed E-state index contributed by atoms with van der Waals surface area (Å²) in [6.45, 7) is 2.13. The van der Waals surface area contributed by atoms with Crippen molar-refractivity contribution in [1.29, 1.82) is 0 Å². The molecule has 5 heteroatoms. The van der Waals surface area contributed by atoms with Gasteiger partial charge in [-0.2, -0.15) is 0 Å². The van der Waals surface area contributed by atoms with E-state index in [1.807, 2.05) is 12.1 Å². The van der Waals surface area contributed by atoms with Gasteiger partial charge in [-0.1, -0.05) is 24.3 Å². The summed E-state index contributed by atoms with van der Waals surface area (Å²) in [6, 6.07) is 17.8. The number of rotatable bonds is 5. The van der Waals surface area contributed by atoms with E-state index in [2.05, 4.69) is 34.5 Å². The standard InChI is InChI=1S/C22H21FN2O2/c23-19-9-7-17(8-10-19)22(26)24-14-20(21-6-3-13-27-21)25-12-11-16-4-1-2-5-18(16)15-25/h1-10,13,20H,11-12,14-15H2,(H,24,26)/t20-/m0/s1. The molecule has 4 nitrogen and oxygen atoms in total. The lowest BCUT2D eigenvalue weighted by Crippen LogP contribution is -2.40. The predicted molar refractivity (Wildman–Crippen MR) is 101 cm³/mol. The molecular formula is C22H21FN2O2. The van der Waals surface area contributed by atoms with Gasteiger partial charge in [-0.15, -0.1) is 0 Å². The SMILES string of the molecule is O=C(NC[C@@H](c1ccco1)N1CCc2ccccc2C1)c1ccc(F)cc1. The van der Waals surface area contributed by atoms with E-state index in [9.17, 15) is 9.18 Å². The number of halogens is 1. The highest BCUT2D eigenvalue weighted by Crippen LogP contribution is 2.28. The zero-order valence-electron chi connectivity index (χ0n) is 14.9. The normalized spacial score (nSPS) is 15.1. The summed E-state index contributed by atoms with van der Waals surface area (Å²) in [7, 11) is 0. The fraction of sp³-hybridized carbons (Fsp3) is 0.227. The molecule has 0 saturated heterocycles. The molecule has 0 saturated carbocycles. The Morgan fingerprint density at radius 1 is 1.07 bits per heavy atom. The van der Waals surface area contributed by atoms with Crippen molar-refractivity contribution in [3.63, 3.8) is 0 Å². The van der Waals surface area contributed by atoms with E-state index in [-0.39, 0.29) is 17.8 Å². The van der Waals surface area contributed by atoms with Crippen LogP contribution in [0.5, 0.6) is 0 Å². The van der Waals surface area contributed by atoms with Gasteiger partial charge in [0, 0.05) is 25.2 Å². The molecule has 138 valence electrons. The van der Waals surface area contributed by atoms with Gasteiger partial charge in [-0.05, 0) is 53.9 Å². The Hall–Kier alpha value is -2.92. The monoisotopic (exact) mass is 364 g/mol. The molecule has 0 fully saturated rings. The van der Waals surface area contributed by atoms with E-state index in [1.165, 1.54) is 35.4 Å². The van der Waals surface area contributed by atoms with Crippen molar-refractivity contribution in [3.05, 3.63) is 95.2 Å². The quantitative estimate of drug-likeness (QED) is 0.746. The summed E-state index contributed by atoms with van der Waals surface area (Å²) < 4.78 is 18.7. The molecule has 1 N–H and O–H groups in total. The van der Waals surface area contributed by atoms with Crippen molar-refractivity contribution in [2.24, 2.45) is 0 Å². The van der Waals surface area contributed by atoms with Crippen molar-refractivity contribution in [2.45, 2.75) is 19.0 Å². The Labute approximate surface area is 157 Å². The molecule has 0 aliphatic carbocycles. The summed E-state index contributed by atoms with van der Waals surface area (Å²) in [5.41, 5.74) is 3.13. The fourth-order valence-corrected chi connectivity index (χ4v) is 3.57. The molecule has 1 aliphatic heterocycles. The predicted octanol–water partition coefficient (Wildman–Crippen LogP) is 3.95. The Bertz CT molecular complexity index is 906. The lowest BCUT2D eigenvalue weighted by Gasteiger charge is -2.34. The van der Waals surface area contributed by atoms with Gasteiger partial charge < -0.3 is 9.73 Å². The molecule has 27 heavy (non-hydrogen) atoms. The molecular weight excluding hydrogens is 343 g/mol. The van der Waals surface area contributed by atoms with Gasteiger partial charge in [0.25, 0.3) is 5.91 Å². The minimum absolute atomic E-state index is 0.0576. The molecule has 2 aromatic carbocycles. The maximum Gasteiger partial charge on any atom is 0.251 e. The van der Waals surface area contributed by atoms with Gasteiger partial charge in [0.05, 0.1) is 12.3 Å². The molecule has 1 aliphatic rings. The van der Waals surface area contributed by atoms with Crippen molar-refractivity contribution in [2.75, 3.05) is 13.1 Å². The lowest BCUT2D eigenvalue weighted by atomic mass is 9.98. The van der Waals surface area contributed by atoms with Crippen LogP contribution in [0.1, 0.15) is 33.3 Å². The Balaban J connectivity index is 1.49. The maximum atomic E-state index is 13.1. The van der Waals surface area contributed by atoms with Crippen LogP contribution in [0.4, 0.5) is 4.39 Å². The van der Waals surface area contributed by atoms with Crippen LogP contribution < -0.4 is 5.32 Å². The maximum absolute atomic E-state index is 13.1. The number of hydrogen-bond donors (Lipinski definition) is 1. The molecule has 0 unspecified atom stereocenters. The van der Waals surface area contributed by atoms with Gasteiger partial charge in [0.15, 0.2) is 0 Å². The first kappa shape index (κ1) is 17.5. The molecule has 0 bridgehead atoms. The van der Waals surface area contributed by atoms with Crippen molar-refractivity contribution < 1.29 is 13.6 Å². The number of nitrogens with one attached hydrogen (secondary N) is 1. The van der Waals surface area contributed by atoms with E-state index in [0.29, 0.717) is 12.1 Å². The van der Waals surface area contributed by atoms with Gasteiger partial charge >= 0.3 is 0 Å². The van der Waals surface area contributed by atoms with E-state index in [1.54, 1.807) is 6.26 Å². The first-order valence-corrected chi connectivity index (χ1v) is 9.09. The molecule has 4 rings (SSSR count). The topological polar surface area (TPSA) is 45.5 Å².